The number of epoxide rings is 1. The van der Waals surface area contributed by atoms with Crippen molar-refractivity contribution in [2.24, 2.45) is 17.6 Å². The van der Waals surface area contributed by atoms with Crippen LogP contribution in [0.5, 0.6) is 23.0 Å². The molecule has 0 bridgehead atoms. The summed E-state index contributed by atoms with van der Waals surface area (Å²) in [5, 5.41) is 20.8. The molecular formula is C50H55Cl4F7N2O10. The van der Waals surface area contributed by atoms with Crippen molar-refractivity contribution in [1.29, 1.82) is 0 Å². The number of hydrogen-bond acceptors (Lipinski definition) is 11. The normalized spacial score (nSPS) is 19.2. The average molecular weight is 1120 g/mol. The number of carboxylic acids is 1. The molecule has 1 aliphatic heterocycles. The molecule has 2 saturated carbocycles. The van der Waals surface area contributed by atoms with Gasteiger partial charge in [0.15, 0.2) is 11.6 Å². The third-order valence-corrected chi connectivity index (χ3v) is 12.5. The second-order valence-electron chi connectivity index (χ2n) is 17.3. The SMILES string of the molecule is Fc1cc(OCC2CO2)ccc1Cl.NC1CCC(CCC(=O)COc2ccc(Cl)c(F)c2)C1.O=C(CCC1CCC(NCC(O)COc2ccc(Cl)c(F)c2)C1)COc1ccc(Cl)c(F)c1.O=C(O)C(F)(F)F. The summed E-state index contributed by atoms with van der Waals surface area (Å²) >= 11 is 22.3. The summed E-state index contributed by atoms with van der Waals surface area (Å²) in [4.78, 5) is 32.7. The molecule has 7 rings (SSSR count). The molecule has 6 unspecified atom stereocenters. The molecule has 6 atom stereocenters. The first-order chi connectivity index (χ1) is 34.5. The molecule has 0 radical (unpaired) electrons. The zero-order chi connectivity index (χ0) is 53.7. The van der Waals surface area contributed by atoms with Crippen molar-refractivity contribution in [3.05, 3.63) is 116 Å². The van der Waals surface area contributed by atoms with Gasteiger partial charge >= 0.3 is 12.1 Å². The van der Waals surface area contributed by atoms with E-state index in [1.807, 2.05) is 0 Å². The van der Waals surface area contributed by atoms with Crippen LogP contribution in [0.4, 0.5) is 30.7 Å². The highest BCUT2D eigenvalue weighted by Crippen LogP contribution is 2.31. The highest BCUT2D eigenvalue weighted by molar-refractivity contribution is 6.31. The molecule has 2 aliphatic carbocycles. The van der Waals surface area contributed by atoms with Gasteiger partial charge in [0.05, 0.1) is 26.7 Å². The van der Waals surface area contributed by atoms with Gasteiger partial charge in [0, 0.05) is 55.7 Å². The van der Waals surface area contributed by atoms with E-state index in [0.717, 1.165) is 64.0 Å². The molecule has 5 N–H and O–H groups in total. The topological polar surface area (TPSA) is 179 Å². The number of nitrogens with two attached hydrogens (primary N) is 1. The van der Waals surface area contributed by atoms with Crippen LogP contribution in [0.2, 0.25) is 20.1 Å². The monoisotopic (exact) mass is 1120 g/mol. The van der Waals surface area contributed by atoms with Crippen molar-refractivity contribution < 1.29 is 79.0 Å². The number of alkyl halides is 3. The van der Waals surface area contributed by atoms with E-state index in [4.69, 9.17) is 85.7 Å². The minimum atomic E-state index is -5.08. The molecule has 3 aliphatic rings. The summed E-state index contributed by atoms with van der Waals surface area (Å²) in [7, 11) is 0. The first-order valence-corrected chi connectivity index (χ1v) is 24.5. The Kier molecular flexibility index (Phi) is 25.6. The van der Waals surface area contributed by atoms with Crippen LogP contribution in [0.3, 0.4) is 0 Å². The van der Waals surface area contributed by atoms with Gasteiger partial charge in [-0.2, -0.15) is 13.2 Å². The van der Waals surface area contributed by atoms with Crippen molar-refractivity contribution in [2.75, 3.05) is 39.6 Å². The van der Waals surface area contributed by atoms with Crippen LogP contribution in [0, 0.1) is 35.1 Å². The van der Waals surface area contributed by atoms with Gasteiger partial charge in [-0.3, -0.25) is 9.59 Å². The van der Waals surface area contributed by atoms with E-state index < -0.39 is 41.5 Å². The van der Waals surface area contributed by atoms with Crippen LogP contribution >= 0.6 is 46.4 Å². The van der Waals surface area contributed by atoms with Crippen molar-refractivity contribution in [3.63, 3.8) is 0 Å². The molecule has 12 nitrogen and oxygen atoms in total. The minimum Gasteiger partial charge on any atom is -0.491 e. The Morgan fingerprint density at radius 3 is 1.44 bits per heavy atom. The van der Waals surface area contributed by atoms with E-state index in [9.17, 15) is 45.4 Å². The number of carbonyl (C=O) groups excluding carboxylic acids is 2. The number of aliphatic hydroxyl groups is 1. The maximum absolute atomic E-state index is 13.4. The maximum Gasteiger partial charge on any atom is 0.490 e. The van der Waals surface area contributed by atoms with Crippen LogP contribution in [-0.2, 0) is 19.1 Å². The smallest absolute Gasteiger partial charge is 0.490 e. The summed E-state index contributed by atoms with van der Waals surface area (Å²) in [6.45, 7) is 1.48. The van der Waals surface area contributed by atoms with Gasteiger partial charge in [-0.15, -0.1) is 0 Å². The number of carboxylic acid groups (broad SMARTS) is 1. The minimum absolute atomic E-state index is 0.00932. The molecule has 3 fully saturated rings. The third kappa shape index (κ3) is 24.1. The predicted octanol–water partition coefficient (Wildman–Crippen LogP) is 11.4. The van der Waals surface area contributed by atoms with E-state index in [0.29, 0.717) is 61.1 Å². The summed E-state index contributed by atoms with van der Waals surface area (Å²) in [5.41, 5.74) is 5.84. The van der Waals surface area contributed by atoms with Crippen LogP contribution in [-0.4, -0.2) is 97.8 Å². The maximum atomic E-state index is 13.4. The third-order valence-electron chi connectivity index (χ3n) is 11.3. The highest BCUT2D eigenvalue weighted by atomic mass is 35.5. The Morgan fingerprint density at radius 1 is 0.658 bits per heavy atom. The lowest BCUT2D eigenvalue weighted by molar-refractivity contribution is -0.192. The standard InChI is InChI=1S/C24H27Cl2F2NO4.C15H19ClFNO2.C9H8ClFO2.C2HF3O2/c25-21-7-5-19(10-23(21)27)32-13-17(30)4-2-15-1-3-16(9-15)29-12-18(31)14-33-20-6-8-22(26)24(28)11-20;16-14-6-5-13(8-15(14)17)20-9-12(19)4-2-10-1-3-11(18)7-10;10-8-2-1-6(3-9(8)11)12-4-7-5-13-7;3-2(4,5)1(6)7/h5-8,10-11,15-16,18,29,31H,1-4,9,12-14H2;5-6,8,10-11H,1-4,7,9,18H2;1-3,7H,4-5H2;(H,6,7). The van der Waals surface area contributed by atoms with Crippen molar-refractivity contribution in [3.8, 4) is 23.0 Å². The van der Waals surface area contributed by atoms with Crippen LogP contribution in [0.15, 0.2) is 72.8 Å². The van der Waals surface area contributed by atoms with Gasteiger partial charge in [-0.05, 0) is 112 Å². The number of ketones is 2. The van der Waals surface area contributed by atoms with Crippen molar-refractivity contribution in [2.45, 2.75) is 94.7 Å². The lowest BCUT2D eigenvalue weighted by Gasteiger charge is -2.17. The number of aliphatic carboxylic acids is 1. The molecule has 0 spiro atoms. The lowest BCUT2D eigenvalue weighted by atomic mass is 10.00. The van der Waals surface area contributed by atoms with E-state index >= 15 is 0 Å². The molecule has 73 heavy (non-hydrogen) atoms. The number of ether oxygens (including phenoxy) is 5. The fraction of sp³-hybridized carbons (Fsp3) is 0.460. The van der Waals surface area contributed by atoms with Gasteiger partial charge in [-0.1, -0.05) is 46.4 Å². The van der Waals surface area contributed by atoms with Crippen molar-refractivity contribution >= 4 is 63.9 Å². The number of Topliss-reactive ketones (excluding diaryl/α,β-unsaturated/α-hetero) is 2. The number of nitrogens with one attached hydrogen (secondary N) is 1. The second kappa shape index (κ2) is 30.7. The van der Waals surface area contributed by atoms with Gasteiger partial charge in [-0.25, -0.2) is 22.4 Å². The zero-order valence-electron chi connectivity index (χ0n) is 39.1. The Balaban J connectivity index is 0.000000243. The molecule has 1 heterocycles. The lowest BCUT2D eigenvalue weighted by Crippen LogP contribution is -2.36. The van der Waals surface area contributed by atoms with E-state index in [1.165, 1.54) is 48.5 Å². The quantitative estimate of drug-likeness (QED) is 0.0459. The Hall–Kier alpha value is -4.60. The van der Waals surface area contributed by atoms with E-state index in [1.54, 1.807) is 18.2 Å². The number of benzene rings is 4. The number of halogens is 11. The average Bonchev–Trinajstić information content (AvgIpc) is 3.91. The van der Waals surface area contributed by atoms with Gasteiger partial charge < -0.3 is 44.9 Å². The number of rotatable bonds is 21. The highest BCUT2D eigenvalue weighted by Gasteiger charge is 2.38. The molecule has 1 saturated heterocycles. The predicted molar refractivity (Wildman–Crippen MR) is 260 cm³/mol. The Morgan fingerprint density at radius 2 is 1.05 bits per heavy atom. The first kappa shape index (κ1) is 61.0. The molecule has 4 aromatic carbocycles. The summed E-state index contributed by atoms with van der Waals surface area (Å²) in [6, 6.07) is 17.3. The van der Waals surface area contributed by atoms with Crippen molar-refractivity contribution in [1.82, 2.24) is 5.32 Å². The van der Waals surface area contributed by atoms with Gasteiger partial charge in [0.2, 0.25) is 0 Å². The molecular weight excluding hydrogens is 1060 g/mol. The second-order valence-corrected chi connectivity index (χ2v) is 18.9. The van der Waals surface area contributed by atoms with Crippen LogP contribution in [0.25, 0.3) is 0 Å². The summed E-state index contributed by atoms with van der Waals surface area (Å²) in [5.74, 6) is -2.55. The largest absolute Gasteiger partial charge is 0.491 e. The molecule has 402 valence electrons. The molecule has 0 amide bonds. The Bertz CT molecular complexity index is 2410. The zero-order valence-corrected chi connectivity index (χ0v) is 42.1. The van der Waals surface area contributed by atoms with Crippen LogP contribution < -0.4 is 30.0 Å². The summed E-state index contributed by atoms with van der Waals surface area (Å²) < 4.78 is 111. The number of aliphatic hydroxyl groups excluding tert-OH is 1. The summed E-state index contributed by atoms with van der Waals surface area (Å²) in [6.07, 6.45) is 2.96. The molecule has 0 aromatic heterocycles. The van der Waals surface area contributed by atoms with E-state index in [-0.39, 0.29) is 69.4 Å². The Labute approximate surface area is 437 Å². The fourth-order valence-corrected chi connectivity index (χ4v) is 7.74. The molecule has 23 heteroatoms. The first-order valence-electron chi connectivity index (χ1n) is 23.0. The van der Waals surface area contributed by atoms with Crippen LogP contribution in [0.1, 0.15) is 64.2 Å². The number of hydrogen-bond donors (Lipinski definition) is 4. The van der Waals surface area contributed by atoms with Gasteiger partial charge in [0.1, 0.15) is 84.9 Å². The molecule has 4 aromatic rings. The van der Waals surface area contributed by atoms with Gasteiger partial charge in [0.25, 0.3) is 0 Å². The van der Waals surface area contributed by atoms with E-state index in [2.05, 4.69) is 5.32 Å². The fourth-order valence-electron chi connectivity index (χ4n) is 7.27. The number of carbonyl (C=O) groups is 3.